The maximum atomic E-state index is 11.8. The van der Waals surface area contributed by atoms with Crippen LogP contribution in [0.1, 0.15) is 10.5 Å². The Morgan fingerprint density at radius 2 is 1.58 bits per heavy atom. The molecular weight excluding hydrogens is 308 g/mol. The molecular formula is C18H14N2O4. The van der Waals surface area contributed by atoms with Crippen molar-refractivity contribution in [3.05, 3.63) is 70.6 Å². The predicted octanol–water partition coefficient (Wildman–Crippen LogP) is 2.60. The van der Waals surface area contributed by atoms with Crippen LogP contribution in [0.2, 0.25) is 0 Å². The van der Waals surface area contributed by atoms with E-state index in [1.54, 1.807) is 12.1 Å². The molecule has 0 aliphatic heterocycles. The molecule has 0 aliphatic carbocycles. The third-order valence-electron chi connectivity index (χ3n) is 3.54. The number of esters is 1. The maximum Gasteiger partial charge on any atom is 0.360 e. The van der Waals surface area contributed by atoms with Gasteiger partial charge in [-0.25, -0.2) is 9.78 Å². The molecule has 6 nitrogen and oxygen atoms in total. The van der Waals surface area contributed by atoms with Gasteiger partial charge in [-0.15, -0.1) is 0 Å². The van der Waals surface area contributed by atoms with Crippen molar-refractivity contribution >= 4 is 5.97 Å². The molecule has 6 heteroatoms. The number of aromatic hydroxyl groups is 1. The second kappa shape index (κ2) is 6.37. The van der Waals surface area contributed by atoms with E-state index in [2.05, 4.69) is 14.7 Å². The third kappa shape index (κ3) is 2.89. The largest absolute Gasteiger partial charge is 0.501 e. The summed E-state index contributed by atoms with van der Waals surface area (Å²) in [6.45, 7) is 0. The quantitative estimate of drug-likeness (QED) is 0.723. The monoisotopic (exact) mass is 322 g/mol. The molecule has 0 fully saturated rings. The van der Waals surface area contributed by atoms with Crippen LogP contribution in [0.5, 0.6) is 5.75 Å². The van der Waals surface area contributed by atoms with Gasteiger partial charge in [0, 0.05) is 5.56 Å². The highest BCUT2D eigenvalue weighted by atomic mass is 16.5. The number of nitrogens with one attached hydrogen (secondary N) is 1. The Morgan fingerprint density at radius 1 is 1.00 bits per heavy atom. The Bertz CT molecular complexity index is 931. The Morgan fingerprint density at radius 3 is 2.21 bits per heavy atom. The number of hydrogen-bond acceptors (Lipinski definition) is 5. The average Bonchev–Trinajstić information content (AvgIpc) is 2.64. The van der Waals surface area contributed by atoms with E-state index in [4.69, 9.17) is 0 Å². The Hall–Kier alpha value is -3.41. The van der Waals surface area contributed by atoms with Crippen molar-refractivity contribution < 1.29 is 14.6 Å². The van der Waals surface area contributed by atoms with Gasteiger partial charge in [0.1, 0.15) is 5.82 Å². The average molecular weight is 322 g/mol. The minimum absolute atomic E-state index is 0.179. The van der Waals surface area contributed by atoms with E-state index in [0.29, 0.717) is 5.56 Å². The van der Waals surface area contributed by atoms with Crippen LogP contribution in [-0.4, -0.2) is 28.2 Å². The molecule has 120 valence electrons. The van der Waals surface area contributed by atoms with Gasteiger partial charge in [0.05, 0.1) is 7.11 Å². The summed E-state index contributed by atoms with van der Waals surface area (Å²) >= 11 is 0. The number of nitrogens with zero attached hydrogens (tertiary/aromatic N) is 1. The van der Waals surface area contributed by atoms with E-state index in [9.17, 15) is 14.7 Å². The fraction of sp³-hybridized carbons (Fsp3) is 0.0556. The van der Waals surface area contributed by atoms with E-state index in [0.717, 1.165) is 18.2 Å². The fourth-order valence-electron chi connectivity index (χ4n) is 2.29. The lowest BCUT2D eigenvalue weighted by Gasteiger charge is -2.07. The Balaban J connectivity index is 2.02. The minimum atomic E-state index is -0.874. The number of methoxy groups -OCH3 is 1. The molecule has 24 heavy (non-hydrogen) atoms. The number of H-pyrrole nitrogens is 1. The number of ether oxygens (including phenoxy) is 1. The van der Waals surface area contributed by atoms with E-state index in [1.165, 1.54) is 0 Å². The predicted molar refractivity (Wildman–Crippen MR) is 88.7 cm³/mol. The van der Waals surface area contributed by atoms with Gasteiger partial charge in [-0.1, -0.05) is 54.6 Å². The van der Waals surface area contributed by atoms with E-state index in [1.807, 2.05) is 42.5 Å². The molecule has 3 rings (SSSR count). The third-order valence-corrected chi connectivity index (χ3v) is 3.54. The smallest absolute Gasteiger partial charge is 0.360 e. The molecule has 0 saturated carbocycles. The number of rotatable bonds is 3. The zero-order valence-corrected chi connectivity index (χ0v) is 12.8. The molecule has 0 bridgehead atoms. The van der Waals surface area contributed by atoms with Gasteiger partial charge in [0.25, 0.3) is 5.56 Å². The van der Waals surface area contributed by atoms with Crippen LogP contribution in [-0.2, 0) is 4.74 Å². The molecule has 0 saturated heterocycles. The van der Waals surface area contributed by atoms with Gasteiger partial charge in [-0.2, -0.15) is 0 Å². The Labute approximate surface area is 137 Å². The topological polar surface area (TPSA) is 92.3 Å². The van der Waals surface area contributed by atoms with E-state index < -0.39 is 23.0 Å². The molecule has 1 aromatic heterocycles. The van der Waals surface area contributed by atoms with E-state index >= 15 is 0 Å². The molecule has 1 heterocycles. The lowest BCUT2D eigenvalue weighted by atomic mass is 10.0. The first-order valence-corrected chi connectivity index (χ1v) is 7.17. The molecule has 0 unspecified atom stereocenters. The highest BCUT2D eigenvalue weighted by Gasteiger charge is 2.18. The first-order chi connectivity index (χ1) is 11.6. The number of carbonyl (C=O) groups is 1. The first kappa shape index (κ1) is 15.5. The number of aromatic amines is 1. The summed E-state index contributed by atoms with van der Waals surface area (Å²) in [7, 11) is 1.15. The van der Waals surface area contributed by atoms with Crippen LogP contribution >= 0.6 is 0 Å². The van der Waals surface area contributed by atoms with Crippen LogP contribution in [0.3, 0.4) is 0 Å². The second-order valence-corrected chi connectivity index (χ2v) is 5.05. The van der Waals surface area contributed by atoms with Gasteiger partial charge in [-0.3, -0.25) is 4.79 Å². The number of hydrogen-bond donors (Lipinski definition) is 2. The molecule has 0 amide bonds. The molecule has 3 aromatic rings. The van der Waals surface area contributed by atoms with Crippen LogP contribution < -0.4 is 5.56 Å². The van der Waals surface area contributed by atoms with Crippen molar-refractivity contribution in [1.29, 1.82) is 0 Å². The van der Waals surface area contributed by atoms with Crippen molar-refractivity contribution in [2.75, 3.05) is 7.11 Å². The fourth-order valence-corrected chi connectivity index (χ4v) is 2.29. The lowest BCUT2D eigenvalue weighted by Crippen LogP contribution is -2.16. The number of aromatic nitrogens is 2. The van der Waals surface area contributed by atoms with Crippen LogP contribution in [0.25, 0.3) is 22.5 Å². The van der Waals surface area contributed by atoms with Gasteiger partial charge in [0.2, 0.25) is 5.75 Å². The lowest BCUT2D eigenvalue weighted by molar-refractivity contribution is 0.0590. The van der Waals surface area contributed by atoms with Gasteiger partial charge < -0.3 is 14.8 Å². The summed E-state index contributed by atoms with van der Waals surface area (Å²) in [5, 5.41) is 9.66. The second-order valence-electron chi connectivity index (χ2n) is 5.05. The normalized spacial score (nSPS) is 10.4. The molecule has 2 N–H and O–H groups in total. The summed E-state index contributed by atoms with van der Waals surface area (Å²) in [5.41, 5.74) is 1.47. The highest BCUT2D eigenvalue weighted by Crippen LogP contribution is 2.23. The molecule has 2 aromatic carbocycles. The summed E-state index contributed by atoms with van der Waals surface area (Å²) < 4.78 is 4.53. The Kier molecular flexibility index (Phi) is 4.11. The van der Waals surface area contributed by atoms with Crippen molar-refractivity contribution in [3.63, 3.8) is 0 Å². The summed E-state index contributed by atoms with van der Waals surface area (Å²) in [5.74, 6) is -1.45. The molecule has 0 aliphatic rings. The standard InChI is InChI=1S/C18H14N2O4/c1-24-18(23)14-15(21)17(22)20-16(19-14)13-9-7-12(8-10-13)11-5-3-2-4-6-11/h2-10,21H,1H3,(H,19,20,22). The molecule has 0 radical (unpaired) electrons. The summed E-state index contributed by atoms with van der Waals surface area (Å²) in [6.07, 6.45) is 0. The van der Waals surface area contributed by atoms with Gasteiger partial charge in [-0.05, 0) is 11.1 Å². The first-order valence-electron chi connectivity index (χ1n) is 7.17. The highest BCUT2D eigenvalue weighted by molar-refractivity contribution is 5.90. The van der Waals surface area contributed by atoms with Crippen molar-refractivity contribution in [1.82, 2.24) is 9.97 Å². The van der Waals surface area contributed by atoms with Crippen molar-refractivity contribution in [2.24, 2.45) is 0 Å². The zero-order valence-electron chi connectivity index (χ0n) is 12.8. The van der Waals surface area contributed by atoms with Gasteiger partial charge in [0.15, 0.2) is 5.69 Å². The zero-order chi connectivity index (χ0) is 17.1. The number of benzene rings is 2. The summed E-state index contributed by atoms with van der Waals surface area (Å²) in [4.78, 5) is 29.8. The van der Waals surface area contributed by atoms with Crippen LogP contribution in [0.4, 0.5) is 0 Å². The summed E-state index contributed by atoms with van der Waals surface area (Å²) in [6, 6.07) is 17.1. The maximum absolute atomic E-state index is 11.8. The van der Waals surface area contributed by atoms with Crippen molar-refractivity contribution in [3.8, 4) is 28.3 Å². The number of carbonyl (C=O) groups excluding carboxylic acids is 1. The molecule has 0 atom stereocenters. The van der Waals surface area contributed by atoms with Gasteiger partial charge >= 0.3 is 5.97 Å². The van der Waals surface area contributed by atoms with Crippen LogP contribution in [0, 0.1) is 0 Å². The van der Waals surface area contributed by atoms with Crippen molar-refractivity contribution in [2.45, 2.75) is 0 Å². The van der Waals surface area contributed by atoms with E-state index in [-0.39, 0.29) is 5.82 Å². The SMILES string of the molecule is COC(=O)c1nc(-c2ccc(-c3ccccc3)cc2)[nH]c(=O)c1O. The minimum Gasteiger partial charge on any atom is -0.501 e. The molecule has 0 spiro atoms. The van der Waals surface area contributed by atoms with Crippen LogP contribution in [0.15, 0.2) is 59.4 Å².